The van der Waals surface area contributed by atoms with Gasteiger partial charge in [-0.05, 0) is 6.42 Å². The molecule has 0 aliphatic carbocycles. The van der Waals surface area contributed by atoms with Crippen molar-refractivity contribution in [3.63, 3.8) is 0 Å². The van der Waals surface area contributed by atoms with E-state index in [1.54, 1.807) is 0 Å². The van der Waals surface area contributed by atoms with Crippen molar-refractivity contribution in [1.82, 2.24) is 0 Å². The van der Waals surface area contributed by atoms with Crippen molar-refractivity contribution in [3.8, 4) is 0 Å². The molecule has 0 spiro atoms. The summed E-state index contributed by atoms with van der Waals surface area (Å²) in [5.41, 5.74) is 0. The first-order valence-corrected chi connectivity index (χ1v) is 14.8. The maximum absolute atomic E-state index is 11.9. The Balaban J connectivity index is 3.74. The molecule has 0 fully saturated rings. The van der Waals surface area contributed by atoms with Crippen LogP contribution in [0.1, 0.15) is 96.8 Å². The third-order valence-electron chi connectivity index (χ3n) is 4.16. The van der Waals surface area contributed by atoms with Crippen LogP contribution in [0.5, 0.6) is 0 Å². The van der Waals surface area contributed by atoms with E-state index in [-0.39, 0.29) is 6.61 Å². The van der Waals surface area contributed by atoms with E-state index in [0.29, 0.717) is 12.8 Å². The van der Waals surface area contributed by atoms with Gasteiger partial charge in [0.25, 0.3) is 0 Å². The standard InChI is InChI=1S/C16H37O10P3/c1-2-3-4-5-6-7-8-9-10-11-12-13-14-15-16-24-29(23,25-27(17,18)19)26-28(20,21)22/h2-16H2,1H3,(H2,17,18,19)(H2,20,21,22). The van der Waals surface area contributed by atoms with E-state index < -0.39 is 23.5 Å². The first-order chi connectivity index (χ1) is 13.5. The van der Waals surface area contributed by atoms with Gasteiger partial charge < -0.3 is 19.6 Å². The fraction of sp³-hybridized carbons (Fsp3) is 1.00. The number of hydrogen-bond donors (Lipinski definition) is 4. The van der Waals surface area contributed by atoms with Crippen LogP contribution in [0.25, 0.3) is 0 Å². The minimum atomic E-state index is -5.32. The fourth-order valence-electron chi connectivity index (χ4n) is 2.80. The minimum Gasteiger partial charge on any atom is -0.302 e. The highest BCUT2D eigenvalue weighted by Gasteiger charge is 2.41. The SMILES string of the molecule is CCCCCCCCCCCCCCCCOP(=O)(OP(=O)(O)O)OP(=O)(O)O. The van der Waals surface area contributed by atoms with Gasteiger partial charge in [0.05, 0.1) is 6.61 Å². The highest BCUT2D eigenvalue weighted by molar-refractivity contribution is 7.66. The molecule has 4 N–H and O–H groups in total. The van der Waals surface area contributed by atoms with E-state index in [0.717, 1.165) is 19.3 Å². The van der Waals surface area contributed by atoms with Crippen molar-refractivity contribution in [2.45, 2.75) is 96.8 Å². The van der Waals surface area contributed by atoms with Gasteiger partial charge in [-0.15, -0.1) is 0 Å². The van der Waals surface area contributed by atoms with Gasteiger partial charge >= 0.3 is 23.5 Å². The largest absolute Gasteiger partial charge is 0.492 e. The van der Waals surface area contributed by atoms with Gasteiger partial charge in [0.2, 0.25) is 0 Å². The van der Waals surface area contributed by atoms with Gasteiger partial charge in [-0.1, -0.05) is 90.4 Å². The molecule has 0 aliphatic rings. The van der Waals surface area contributed by atoms with Crippen LogP contribution in [0, 0.1) is 0 Å². The average molecular weight is 482 g/mol. The molecule has 10 nitrogen and oxygen atoms in total. The van der Waals surface area contributed by atoms with Gasteiger partial charge in [-0.3, -0.25) is 4.52 Å². The molecule has 0 saturated heterocycles. The van der Waals surface area contributed by atoms with Gasteiger partial charge in [0, 0.05) is 0 Å². The lowest BCUT2D eigenvalue weighted by atomic mass is 10.0. The Labute approximate surface area is 173 Å². The van der Waals surface area contributed by atoms with Crippen LogP contribution in [-0.4, -0.2) is 26.2 Å². The quantitative estimate of drug-likeness (QED) is 0.123. The van der Waals surface area contributed by atoms with E-state index in [1.165, 1.54) is 57.8 Å². The minimum absolute atomic E-state index is 0.269. The number of rotatable bonds is 20. The predicted octanol–water partition coefficient (Wildman–Crippen LogP) is 5.81. The second-order valence-electron chi connectivity index (χ2n) is 7.02. The van der Waals surface area contributed by atoms with Crippen LogP contribution in [0.15, 0.2) is 0 Å². The van der Waals surface area contributed by atoms with E-state index >= 15 is 0 Å². The maximum Gasteiger partial charge on any atom is 0.492 e. The van der Waals surface area contributed by atoms with Crippen molar-refractivity contribution in [2.24, 2.45) is 0 Å². The third-order valence-corrected chi connectivity index (χ3v) is 7.96. The Kier molecular flexibility index (Phi) is 16.3. The normalized spacial score (nSPS) is 13.1. The van der Waals surface area contributed by atoms with Crippen molar-refractivity contribution < 1.29 is 46.4 Å². The molecule has 0 aromatic rings. The van der Waals surface area contributed by atoms with Crippen LogP contribution in [0.2, 0.25) is 0 Å². The molecule has 0 aromatic heterocycles. The molecule has 0 atom stereocenters. The van der Waals surface area contributed by atoms with Crippen LogP contribution < -0.4 is 0 Å². The van der Waals surface area contributed by atoms with E-state index in [4.69, 9.17) is 19.6 Å². The molecule has 29 heavy (non-hydrogen) atoms. The summed E-state index contributed by atoms with van der Waals surface area (Å²) in [6, 6.07) is 0. The lowest BCUT2D eigenvalue weighted by Gasteiger charge is -2.18. The van der Waals surface area contributed by atoms with Crippen molar-refractivity contribution in [3.05, 3.63) is 0 Å². The molecule has 0 saturated carbocycles. The molecule has 0 amide bonds. The number of hydrogen-bond acceptors (Lipinski definition) is 6. The Morgan fingerprint density at radius 1 is 0.552 bits per heavy atom. The van der Waals surface area contributed by atoms with Gasteiger partial charge in [-0.25, -0.2) is 13.7 Å². The fourth-order valence-corrected chi connectivity index (χ4v) is 6.00. The summed E-state index contributed by atoms with van der Waals surface area (Å²) < 4.78 is 45.7. The van der Waals surface area contributed by atoms with Crippen LogP contribution in [0.4, 0.5) is 0 Å². The van der Waals surface area contributed by atoms with E-state index in [2.05, 4.69) is 20.1 Å². The smallest absolute Gasteiger partial charge is 0.302 e. The number of unbranched alkanes of at least 4 members (excludes halogenated alkanes) is 13. The molecule has 0 radical (unpaired) electrons. The monoisotopic (exact) mass is 482 g/mol. The van der Waals surface area contributed by atoms with Gasteiger partial charge in [0.15, 0.2) is 0 Å². The molecule has 0 rings (SSSR count). The summed E-state index contributed by atoms with van der Waals surface area (Å²) in [5, 5.41) is 0. The molecule has 0 bridgehead atoms. The van der Waals surface area contributed by atoms with Crippen molar-refractivity contribution in [2.75, 3.05) is 6.61 Å². The zero-order valence-electron chi connectivity index (χ0n) is 17.2. The summed E-state index contributed by atoms with van der Waals surface area (Å²) in [7, 11) is -15.7. The van der Waals surface area contributed by atoms with E-state index in [1.807, 2.05) is 0 Å². The highest BCUT2D eigenvalue weighted by Crippen LogP contribution is 2.67. The summed E-state index contributed by atoms with van der Waals surface area (Å²) in [4.78, 5) is 34.7. The first-order valence-electron chi connectivity index (χ1n) is 10.3. The lowest BCUT2D eigenvalue weighted by Crippen LogP contribution is -2.00. The molecule has 0 unspecified atom stereocenters. The van der Waals surface area contributed by atoms with Gasteiger partial charge in [-0.2, -0.15) is 8.62 Å². The maximum atomic E-state index is 11.9. The molecular formula is C16H37O10P3. The van der Waals surface area contributed by atoms with Crippen LogP contribution in [-0.2, 0) is 26.8 Å². The Morgan fingerprint density at radius 3 is 1.17 bits per heavy atom. The Morgan fingerprint density at radius 2 is 0.862 bits per heavy atom. The zero-order valence-corrected chi connectivity index (χ0v) is 19.9. The summed E-state index contributed by atoms with van der Waals surface area (Å²) in [6.07, 6.45) is 15.8. The van der Waals surface area contributed by atoms with Crippen molar-refractivity contribution >= 4 is 23.5 Å². The Hall–Kier alpha value is 0.410. The molecule has 0 aliphatic heterocycles. The van der Waals surface area contributed by atoms with Crippen LogP contribution >= 0.6 is 23.5 Å². The second kappa shape index (κ2) is 16.1. The summed E-state index contributed by atoms with van der Waals surface area (Å²) in [6.45, 7) is 1.95. The molecule has 0 aromatic carbocycles. The first kappa shape index (κ1) is 29.4. The third kappa shape index (κ3) is 21.4. The summed E-state index contributed by atoms with van der Waals surface area (Å²) >= 11 is 0. The van der Waals surface area contributed by atoms with E-state index in [9.17, 15) is 13.7 Å². The van der Waals surface area contributed by atoms with Crippen molar-refractivity contribution in [1.29, 1.82) is 0 Å². The molecule has 176 valence electrons. The highest BCUT2D eigenvalue weighted by atomic mass is 31.3. The van der Waals surface area contributed by atoms with Crippen LogP contribution in [0.3, 0.4) is 0 Å². The second-order valence-corrected chi connectivity index (χ2v) is 11.4. The average Bonchev–Trinajstić information content (AvgIpc) is 2.54. The van der Waals surface area contributed by atoms with Gasteiger partial charge in [0.1, 0.15) is 0 Å². The predicted molar refractivity (Wildman–Crippen MR) is 110 cm³/mol. The molecule has 0 heterocycles. The Bertz CT molecular complexity index is 517. The lowest BCUT2D eigenvalue weighted by molar-refractivity contribution is 0.164. The molecule has 13 heteroatoms. The summed E-state index contributed by atoms with van der Waals surface area (Å²) in [5.74, 6) is 0. The molecular weight excluding hydrogens is 445 g/mol. The topological polar surface area (TPSA) is 160 Å². The number of phosphoric acid groups is 3. The zero-order chi connectivity index (χ0) is 22.2.